The first kappa shape index (κ1) is 11.6. The maximum Gasteiger partial charge on any atom is 0.237 e. The highest BCUT2D eigenvalue weighted by atomic mass is 16.2. The molecule has 90 valence electrons. The molecule has 0 spiro atoms. The van der Waals surface area contributed by atoms with E-state index in [9.17, 15) is 9.59 Å². The Morgan fingerprint density at radius 2 is 2.29 bits per heavy atom. The van der Waals surface area contributed by atoms with Gasteiger partial charge in [-0.15, -0.1) is 0 Å². The lowest BCUT2D eigenvalue weighted by molar-refractivity contribution is -0.121. The number of carbonyl (C=O) groups is 2. The van der Waals surface area contributed by atoms with Gasteiger partial charge in [0.25, 0.3) is 0 Å². The van der Waals surface area contributed by atoms with Crippen LogP contribution >= 0.6 is 0 Å². The van der Waals surface area contributed by atoms with Crippen LogP contribution in [0.15, 0.2) is 18.2 Å². The molecule has 0 saturated heterocycles. The summed E-state index contributed by atoms with van der Waals surface area (Å²) in [5.74, 6) is -0.564. The van der Waals surface area contributed by atoms with Gasteiger partial charge in [-0.2, -0.15) is 0 Å². The molecule has 1 aliphatic rings. The van der Waals surface area contributed by atoms with Crippen molar-refractivity contribution in [2.24, 2.45) is 5.73 Å². The van der Waals surface area contributed by atoms with Crippen molar-refractivity contribution >= 4 is 17.5 Å². The Kier molecular flexibility index (Phi) is 3.10. The Balaban J connectivity index is 2.28. The van der Waals surface area contributed by atoms with Crippen LogP contribution in [0.5, 0.6) is 0 Å². The van der Waals surface area contributed by atoms with E-state index in [1.165, 1.54) is 4.90 Å². The normalized spacial score (nSPS) is 13.9. The van der Waals surface area contributed by atoms with Crippen molar-refractivity contribution in [1.82, 2.24) is 5.32 Å². The fourth-order valence-corrected chi connectivity index (χ4v) is 2.08. The van der Waals surface area contributed by atoms with Gasteiger partial charge in [0.2, 0.25) is 11.8 Å². The minimum Gasteiger partial charge on any atom is -0.368 e. The summed E-state index contributed by atoms with van der Waals surface area (Å²) in [6.07, 6.45) is 0.347. The monoisotopic (exact) mass is 233 g/mol. The topological polar surface area (TPSA) is 75.4 Å². The van der Waals surface area contributed by atoms with Gasteiger partial charge in [-0.05, 0) is 24.2 Å². The van der Waals surface area contributed by atoms with Crippen LogP contribution in [0, 0.1) is 0 Å². The van der Waals surface area contributed by atoms with Gasteiger partial charge in [-0.25, -0.2) is 0 Å². The molecule has 1 heterocycles. The predicted molar refractivity (Wildman–Crippen MR) is 64.5 cm³/mol. The lowest BCUT2D eigenvalue weighted by Gasteiger charge is -2.15. The summed E-state index contributed by atoms with van der Waals surface area (Å²) in [6.45, 7) is 0.717. The second kappa shape index (κ2) is 4.55. The van der Waals surface area contributed by atoms with Crippen molar-refractivity contribution in [2.75, 3.05) is 18.5 Å². The number of nitrogens with two attached hydrogens (primary N) is 1. The Bertz CT molecular complexity index is 471. The number of anilines is 1. The zero-order chi connectivity index (χ0) is 12.4. The number of benzene rings is 1. The third-order valence-electron chi connectivity index (χ3n) is 2.77. The molecule has 0 unspecified atom stereocenters. The first-order valence-electron chi connectivity index (χ1n) is 5.47. The third kappa shape index (κ3) is 2.29. The zero-order valence-corrected chi connectivity index (χ0v) is 9.69. The standard InChI is InChI=1S/C12H15N3O2/c1-14-6-8-2-3-10-9(4-8)5-12(17)15(10)7-11(13)16/h2-4,14H,5-7H2,1H3,(H2,13,16). The van der Waals surface area contributed by atoms with E-state index in [0.29, 0.717) is 6.42 Å². The van der Waals surface area contributed by atoms with E-state index in [2.05, 4.69) is 5.32 Å². The quantitative estimate of drug-likeness (QED) is 0.755. The number of nitrogens with one attached hydrogen (secondary N) is 1. The second-order valence-corrected chi connectivity index (χ2v) is 4.12. The molecule has 2 rings (SSSR count). The van der Waals surface area contributed by atoms with E-state index in [-0.39, 0.29) is 12.5 Å². The number of hydrogen-bond acceptors (Lipinski definition) is 3. The maximum atomic E-state index is 11.7. The summed E-state index contributed by atoms with van der Waals surface area (Å²) in [6, 6.07) is 5.81. The number of hydrogen-bond donors (Lipinski definition) is 2. The smallest absolute Gasteiger partial charge is 0.237 e. The Morgan fingerprint density at radius 1 is 1.53 bits per heavy atom. The molecule has 1 aromatic rings. The van der Waals surface area contributed by atoms with Crippen molar-refractivity contribution in [3.63, 3.8) is 0 Å². The Morgan fingerprint density at radius 3 is 2.94 bits per heavy atom. The van der Waals surface area contributed by atoms with Gasteiger partial charge in [0.05, 0.1) is 6.42 Å². The molecule has 0 bridgehead atoms. The first-order chi connectivity index (χ1) is 8.11. The largest absolute Gasteiger partial charge is 0.368 e. The average Bonchev–Trinajstić information content (AvgIpc) is 2.55. The molecule has 0 fully saturated rings. The lowest BCUT2D eigenvalue weighted by Crippen LogP contribution is -2.35. The average molecular weight is 233 g/mol. The number of carbonyl (C=O) groups excluding carboxylic acids is 2. The van der Waals surface area contributed by atoms with Gasteiger partial charge in [0, 0.05) is 12.2 Å². The molecule has 0 aromatic heterocycles. The van der Waals surface area contributed by atoms with Crippen LogP contribution in [0.3, 0.4) is 0 Å². The number of fused-ring (bicyclic) bond motifs is 1. The van der Waals surface area contributed by atoms with E-state index < -0.39 is 5.91 Å². The summed E-state index contributed by atoms with van der Waals surface area (Å²) in [5, 5.41) is 3.06. The fraction of sp³-hybridized carbons (Fsp3) is 0.333. The second-order valence-electron chi connectivity index (χ2n) is 4.12. The Hall–Kier alpha value is -1.88. The van der Waals surface area contributed by atoms with Crippen molar-refractivity contribution in [2.45, 2.75) is 13.0 Å². The van der Waals surface area contributed by atoms with E-state index in [0.717, 1.165) is 23.4 Å². The molecular weight excluding hydrogens is 218 g/mol. The highest BCUT2D eigenvalue weighted by Gasteiger charge is 2.28. The van der Waals surface area contributed by atoms with E-state index in [1.807, 2.05) is 25.2 Å². The molecule has 3 N–H and O–H groups in total. The number of amides is 2. The van der Waals surface area contributed by atoms with Gasteiger partial charge in [0.15, 0.2) is 0 Å². The first-order valence-corrected chi connectivity index (χ1v) is 5.47. The molecule has 0 saturated carbocycles. The van der Waals surface area contributed by atoms with Gasteiger partial charge in [0.1, 0.15) is 6.54 Å². The summed E-state index contributed by atoms with van der Waals surface area (Å²) < 4.78 is 0. The zero-order valence-electron chi connectivity index (χ0n) is 9.69. The van der Waals surface area contributed by atoms with Crippen LogP contribution in [0.25, 0.3) is 0 Å². The van der Waals surface area contributed by atoms with Gasteiger partial charge < -0.3 is 16.0 Å². The number of primary amides is 1. The fourth-order valence-electron chi connectivity index (χ4n) is 2.08. The van der Waals surface area contributed by atoms with Crippen LogP contribution in [0.4, 0.5) is 5.69 Å². The van der Waals surface area contributed by atoms with Crippen LogP contribution in [0.1, 0.15) is 11.1 Å². The minimum atomic E-state index is -0.495. The van der Waals surface area contributed by atoms with Crippen molar-refractivity contribution in [3.05, 3.63) is 29.3 Å². The predicted octanol–water partition coefficient (Wildman–Crippen LogP) is -0.220. The summed E-state index contributed by atoms with van der Waals surface area (Å²) in [5.41, 5.74) is 8.01. The number of nitrogens with zero attached hydrogens (tertiary/aromatic N) is 1. The van der Waals surface area contributed by atoms with Crippen LogP contribution in [0.2, 0.25) is 0 Å². The van der Waals surface area contributed by atoms with E-state index >= 15 is 0 Å². The molecule has 5 nitrogen and oxygen atoms in total. The molecule has 0 atom stereocenters. The minimum absolute atomic E-state index is 0.0444. The SMILES string of the molecule is CNCc1ccc2c(c1)CC(=O)N2CC(N)=O. The third-order valence-corrected chi connectivity index (χ3v) is 2.77. The van der Waals surface area contributed by atoms with Crippen LogP contribution in [-0.4, -0.2) is 25.4 Å². The summed E-state index contributed by atoms with van der Waals surface area (Å²) in [7, 11) is 1.87. The highest BCUT2D eigenvalue weighted by Crippen LogP contribution is 2.29. The molecule has 5 heteroatoms. The molecule has 2 amide bonds. The van der Waals surface area contributed by atoms with Gasteiger partial charge in [-0.1, -0.05) is 12.1 Å². The molecule has 0 aliphatic carbocycles. The lowest BCUT2D eigenvalue weighted by atomic mass is 10.1. The molecule has 1 aliphatic heterocycles. The van der Waals surface area contributed by atoms with E-state index in [4.69, 9.17) is 5.73 Å². The van der Waals surface area contributed by atoms with Crippen molar-refractivity contribution in [3.8, 4) is 0 Å². The number of rotatable bonds is 4. The summed E-state index contributed by atoms with van der Waals surface area (Å²) >= 11 is 0. The van der Waals surface area contributed by atoms with Crippen molar-refractivity contribution in [1.29, 1.82) is 0 Å². The molecular formula is C12H15N3O2. The van der Waals surface area contributed by atoms with Gasteiger partial charge in [-0.3, -0.25) is 9.59 Å². The molecule has 0 radical (unpaired) electrons. The summed E-state index contributed by atoms with van der Waals surface area (Å²) in [4.78, 5) is 24.1. The van der Waals surface area contributed by atoms with Crippen molar-refractivity contribution < 1.29 is 9.59 Å². The van der Waals surface area contributed by atoms with Gasteiger partial charge >= 0.3 is 0 Å². The maximum absolute atomic E-state index is 11.7. The van der Waals surface area contributed by atoms with Crippen LogP contribution < -0.4 is 16.0 Å². The molecule has 1 aromatic carbocycles. The molecule has 17 heavy (non-hydrogen) atoms. The highest BCUT2D eigenvalue weighted by molar-refractivity contribution is 6.04. The van der Waals surface area contributed by atoms with E-state index in [1.54, 1.807) is 0 Å². The Labute approximate surface area is 99.6 Å². The van der Waals surface area contributed by atoms with Crippen LogP contribution in [-0.2, 0) is 22.6 Å².